The monoisotopic (exact) mass is 599 g/mol. The zero-order valence-corrected chi connectivity index (χ0v) is 25.2. The molecule has 10 aromatic rings. The number of furan rings is 1. The van der Waals surface area contributed by atoms with Crippen LogP contribution in [0.4, 0.5) is 0 Å². The number of nitrogens with zero attached hydrogens (tertiary/aromatic N) is 3. The van der Waals surface area contributed by atoms with Crippen LogP contribution in [0, 0.1) is 0 Å². The normalized spacial score (nSPS) is 11.8. The van der Waals surface area contributed by atoms with Crippen LogP contribution < -0.4 is 0 Å². The van der Waals surface area contributed by atoms with Gasteiger partial charge in [-0.05, 0) is 62.0 Å². The molecule has 0 aliphatic carbocycles. The quantitative estimate of drug-likeness (QED) is 0.190. The summed E-state index contributed by atoms with van der Waals surface area (Å²) >= 11 is 0. The number of rotatable bonds is 3. The molecule has 0 N–H and O–H groups in total. The molecule has 2 heterocycles. The van der Waals surface area contributed by atoms with Crippen LogP contribution in [0.25, 0.3) is 99.2 Å². The summed E-state index contributed by atoms with van der Waals surface area (Å²) in [6.45, 7) is 0. The van der Waals surface area contributed by atoms with Gasteiger partial charge in [-0.2, -0.15) is 0 Å². The highest BCUT2D eigenvalue weighted by molar-refractivity contribution is 6.26. The maximum atomic E-state index is 6.69. The highest BCUT2D eigenvalue weighted by Gasteiger charge is 2.21. The fourth-order valence-electron chi connectivity index (χ4n) is 6.97. The van der Waals surface area contributed by atoms with Crippen molar-refractivity contribution in [1.82, 2.24) is 15.0 Å². The second kappa shape index (κ2) is 10.1. The van der Waals surface area contributed by atoms with Crippen LogP contribution in [-0.4, -0.2) is 15.0 Å². The SMILES string of the molecule is c1ccc2cc(-c3nc(-c4ccc5ccccc5c4)nc(-c4cc5ccc6ccccc6c5c5oc6ccccc6c45)n3)ccc2c1. The molecule has 8 aromatic carbocycles. The molecule has 2 aromatic heterocycles. The Morgan fingerprint density at radius 1 is 0.362 bits per heavy atom. The summed E-state index contributed by atoms with van der Waals surface area (Å²) < 4.78 is 6.69. The average molecular weight is 600 g/mol. The summed E-state index contributed by atoms with van der Waals surface area (Å²) in [5.74, 6) is 1.87. The minimum atomic E-state index is 0.609. The Labute approximate surface area is 269 Å². The maximum absolute atomic E-state index is 6.69. The lowest BCUT2D eigenvalue weighted by Gasteiger charge is -2.12. The van der Waals surface area contributed by atoms with Gasteiger partial charge < -0.3 is 4.42 Å². The van der Waals surface area contributed by atoms with Crippen LogP contribution in [0.2, 0.25) is 0 Å². The molecule has 0 aliphatic heterocycles. The van der Waals surface area contributed by atoms with E-state index in [1.807, 2.05) is 12.1 Å². The van der Waals surface area contributed by atoms with Crippen LogP contribution in [0.15, 0.2) is 156 Å². The molecule has 0 atom stereocenters. The van der Waals surface area contributed by atoms with Crippen LogP contribution in [0.5, 0.6) is 0 Å². The molecule has 0 saturated heterocycles. The lowest BCUT2D eigenvalue weighted by molar-refractivity contribution is 0.673. The molecule has 0 amide bonds. The van der Waals surface area contributed by atoms with Crippen LogP contribution in [0.3, 0.4) is 0 Å². The van der Waals surface area contributed by atoms with Crippen molar-refractivity contribution in [3.63, 3.8) is 0 Å². The fraction of sp³-hybridized carbons (Fsp3) is 0. The molecular formula is C43H25N3O. The number of aromatic nitrogens is 3. The highest BCUT2D eigenvalue weighted by atomic mass is 16.3. The second-order valence-electron chi connectivity index (χ2n) is 12.0. The Bertz CT molecular complexity index is 2770. The Hall–Kier alpha value is -6.39. The van der Waals surface area contributed by atoms with Crippen molar-refractivity contribution in [2.45, 2.75) is 0 Å². The Kier molecular flexibility index (Phi) is 5.54. The van der Waals surface area contributed by atoms with Gasteiger partial charge in [-0.1, -0.05) is 127 Å². The zero-order chi connectivity index (χ0) is 30.9. The van der Waals surface area contributed by atoms with E-state index in [1.165, 1.54) is 16.2 Å². The van der Waals surface area contributed by atoms with Gasteiger partial charge in [0.05, 0.1) is 0 Å². The number of hydrogen-bond acceptors (Lipinski definition) is 4. The van der Waals surface area contributed by atoms with Gasteiger partial charge in [-0.25, -0.2) is 15.0 Å². The van der Waals surface area contributed by atoms with Crippen molar-refractivity contribution in [3.8, 4) is 34.2 Å². The molecule has 0 unspecified atom stereocenters. The molecule has 0 fully saturated rings. The predicted molar refractivity (Wildman–Crippen MR) is 193 cm³/mol. The van der Waals surface area contributed by atoms with Crippen molar-refractivity contribution in [2.24, 2.45) is 0 Å². The van der Waals surface area contributed by atoms with Crippen LogP contribution in [-0.2, 0) is 0 Å². The van der Waals surface area contributed by atoms with Crippen LogP contribution in [0.1, 0.15) is 0 Å². The van der Waals surface area contributed by atoms with E-state index >= 15 is 0 Å². The molecule has 4 heteroatoms. The van der Waals surface area contributed by atoms with Gasteiger partial charge in [-0.3, -0.25) is 0 Å². The molecule has 0 spiro atoms. The predicted octanol–water partition coefficient (Wildman–Crippen LogP) is 11.4. The third kappa shape index (κ3) is 4.12. The molecule has 4 nitrogen and oxygen atoms in total. The van der Waals surface area contributed by atoms with Crippen molar-refractivity contribution in [1.29, 1.82) is 0 Å². The minimum Gasteiger partial charge on any atom is -0.455 e. The number of hydrogen-bond donors (Lipinski definition) is 0. The lowest BCUT2D eigenvalue weighted by atomic mass is 9.95. The van der Waals surface area contributed by atoms with Crippen LogP contribution >= 0.6 is 0 Å². The fourth-order valence-corrected chi connectivity index (χ4v) is 6.97. The van der Waals surface area contributed by atoms with Crippen molar-refractivity contribution < 1.29 is 4.42 Å². The van der Waals surface area contributed by atoms with Crippen molar-refractivity contribution in [3.05, 3.63) is 152 Å². The summed E-state index contributed by atoms with van der Waals surface area (Å²) in [5, 5.41) is 11.2. The summed E-state index contributed by atoms with van der Waals surface area (Å²) in [5.41, 5.74) is 4.47. The molecule has 0 bridgehead atoms. The molecule has 0 saturated carbocycles. The first-order chi connectivity index (χ1) is 23.3. The smallest absolute Gasteiger partial charge is 0.164 e. The van der Waals surface area contributed by atoms with E-state index in [1.54, 1.807) is 0 Å². The largest absolute Gasteiger partial charge is 0.455 e. The zero-order valence-electron chi connectivity index (χ0n) is 25.2. The van der Waals surface area contributed by atoms with E-state index < -0.39 is 0 Å². The molecule has 0 radical (unpaired) electrons. The Morgan fingerprint density at radius 2 is 0.872 bits per heavy atom. The molecule has 10 rings (SSSR count). The van der Waals surface area contributed by atoms with Gasteiger partial charge >= 0.3 is 0 Å². The third-order valence-corrected chi connectivity index (χ3v) is 9.24. The van der Waals surface area contributed by atoms with Crippen molar-refractivity contribution >= 4 is 65.0 Å². The van der Waals surface area contributed by atoms with E-state index in [9.17, 15) is 0 Å². The summed E-state index contributed by atoms with van der Waals surface area (Å²) in [6.07, 6.45) is 0. The van der Waals surface area contributed by atoms with Gasteiger partial charge in [-0.15, -0.1) is 0 Å². The Morgan fingerprint density at radius 3 is 1.55 bits per heavy atom. The standard InChI is InChI=1S/C43H25N3O/c1-3-12-29-23-32(21-17-26(29)9-1)41-44-42(33-22-18-27-10-2-4-13-30(27)24-33)46-43(45-41)36-25-31-20-19-28-11-5-6-14-34(28)38(31)40-39(36)35-15-7-8-16-37(35)47-40/h1-25H. The molecule has 218 valence electrons. The van der Waals surface area contributed by atoms with Gasteiger partial charge in [0, 0.05) is 32.8 Å². The van der Waals surface area contributed by atoms with E-state index in [2.05, 4.69) is 140 Å². The van der Waals surface area contributed by atoms with Gasteiger partial charge in [0.1, 0.15) is 11.2 Å². The first kappa shape index (κ1) is 25.9. The van der Waals surface area contributed by atoms with Gasteiger partial charge in [0.15, 0.2) is 17.5 Å². The second-order valence-corrected chi connectivity index (χ2v) is 12.0. The summed E-state index contributed by atoms with van der Waals surface area (Å²) in [6, 6.07) is 52.8. The first-order valence-electron chi connectivity index (χ1n) is 15.8. The first-order valence-corrected chi connectivity index (χ1v) is 15.8. The number of fused-ring (bicyclic) bond motifs is 9. The average Bonchev–Trinajstić information content (AvgIpc) is 3.53. The molecule has 47 heavy (non-hydrogen) atoms. The van der Waals surface area contributed by atoms with E-state index in [0.29, 0.717) is 17.5 Å². The highest BCUT2D eigenvalue weighted by Crippen LogP contribution is 2.43. The summed E-state index contributed by atoms with van der Waals surface area (Å²) in [4.78, 5) is 15.5. The van der Waals surface area contributed by atoms with Crippen molar-refractivity contribution in [2.75, 3.05) is 0 Å². The number of benzene rings is 8. The van der Waals surface area contributed by atoms with E-state index in [-0.39, 0.29) is 0 Å². The maximum Gasteiger partial charge on any atom is 0.164 e. The molecular weight excluding hydrogens is 574 g/mol. The summed E-state index contributed by atoms with van der Waals surface area (Å²) in [7, 11) is 0. The number of para-hydroxylation sites is 1. The van der Waals surface area contributed by atoms with E-state index in [0.717, 1.165) is 65.6 Å². The van der Waals surface area contributed by atoms with Gasteiger partial charge in [0.2, 0.25) is 0 Å². The lowest BCUT2D eigenvalue weighted by Crippen LogP contribution is -2.01. The van der Waals surface area contributed by atoms with Gasteiger partial charge in [0.25, 0.3) is 0 Å². The minimum absolute atomic E-state index is 0.609. The Balaban J connectivity index is 1.30. The third-order valence-electron chi connectivity index (χ3n) is 9.24. The van der Waals surface area contributed by atoms with E-state index in [4.69, 9.17) is 19.4 Å². The topological polar surface area (TPSA) is 51.8 Å². The molecule has 0 aliphatic rings.